The first-order valence-electron chi connectivity index (χ1n) is 3.47. The van der Waals surface area contributed by atoms with Crippen LogP contribution in [-0.4, -0.2) is 0 Å². The maximum atomic E-state index is 13.1. The van der Waals surface area contributed by atoms with Crippen molar-refractivity contribution in [1.29, 1.82) is 0 Å². The molecule has 0 fully saturated rings. The van der Waals surface area contributed by atoms with Gasteiger partial charge in [-0.2, -0.15) is 0 Å². The molecule has 1 aromatic rings. The van der Waals surface area contributed by atoms with Gasteiger partial charge in [-0.05, 0) is 12.1 Å². The number of benzene rings is 1. The molecule has 0 saturated heterocycles. The van der Waals surface area contributed by atoms with E-state index in [-0.39, 0.29) is 17.0 Å². The summed E-state index contributed by atoms with van der Waals surface area (Å²) in [6.45, 7) is 3.38. The molecular formula is C9H6BrClF2. The zero-order valence-electron chi connectivity index (χ0n) is 6.58. The van der Waals surface area contributed by atoms with Crippen molar-refractivity contribution in [2.75, 3.05) is 0 Å². The van der Waals surface area contributed by atoms with E-state index in [2.05, 4.69) is 22.5 Å². The summed E-state index contributed by atoms with van der Waals surface area (Å²) in [7, 11) is 0. The van der Waals surface area contributed by atoms with Crippen LogP contribution in [0.25, 0.3) is 0 Å². The lowest BCUT2D eigenvalue weighted by atomic mass is 10.1. The number of rotatable bonds is 2. The number of hydrogen-bond acceptors (Lipinski definition) is 0. The maximum absolute atomic E-state index is 13.1. The topological polar surface area (TPSA) is 0 Å². The zero-order chi connectivity index (χ0) is 10.0. The third kappa shape index (κ3) is 2.78. The second-order valence-electron chi connectivity index (χ2n) is 2.54. The SMILES string of the molecule is C=C(Cl)Cc1c(F)cc(Br)cc1F. The summed E-state index contributed by atoms with van der Waals surface area (Å²) in [6, 6.07) is 2.39. The highest BCUT2D eigenvalue weighted by Gasteiger charge is 2.10. The molecule has 4 heteroatoms. The molecule has 0 saturated carbocycles. The minimum atomic E-state index is -0.617. The molecule has 0 unspecified atom stereocenters. The predicted molar refractivity (Wildman–Crippen MR) is 52.8 cm³/mol. The maximum Gasteiger partial charge on any atom is 0.130 e. The van der Waals surface area contributed by atoms with Gasteiger partial charge in [0, 0.05) is 21.5 Å². The van der Waals surface area contributed by atoms with Gasteiger partial charge in [-0.15, -0.1) is 0 Å². The molecule has 0 radical (unpaired) electrons. The molecule has 0 aliphatic heterocycles. The Labute approximate surface area is 88.3 Å². The summed E-state index contributed by atoms with van der Waals surface area (Å²) >= 11 is 8.43. The van der Waals surface area contributed by atoms with Gasteiger partial charge in [-0.25, -0.2) is 8.78 Å². The van der Waals surface area contributed by atoms with Crippen LogP contribution >= 0.6 is 27.5 Å². The van der Waals surface area contributed by atoms with Gasteiger partial charge in [0.25, 0.3) is 0 Å². The smallest absolute Gasteiger partial charge is 0.130 e. The Morgan fingerprint density at radius 1 is 1.38 bits per heavy atom. The van der Waals surface area contributed by atoms with Gasteiger partial charge in [0.1, 0.15) is 11.6 Å². The van der Waals surface area contributed by atoms with Gasteiger partial charge in [0.05, 0.1) is 0 Å². The molecule has 0 heterocycles. The molecule has 0 nitrogen and oxygen atoms in total. The first kappa shape index (κ1) is 10.7. The van der Waals surface area contributed by atoms with Crippen LogP contribution in [-0.2, 0) is 6.42 Å². The molecule has 0 spiro atoms. The Bertz CT molecular complexity index is 326. The third-order valence-electron chi connectivity index (χ3n) is 1.47. The fourth-order valence-electron chi connectivity index (χ4n) is 0.933. The van der Waals surface area contributed by atoms with E-state index in [4.69, 9.17) is 11.6 Å². The zero-order valence-corrected chi connectivity index (χ0v) is 8.92. The fraction of sp³-hybridized carbons (Fsp3) is 0.111. The van der Waals surface area contributed by atoms with Crippen LogP contribution in [0.3, 0.4) is 0 Å². The van der Waals surface area contributed by atoms with Crippen LogP contribution in [0.2, 0.25) is 0 Å². The molecule has 70 valence electrons. The second kappa shape index (κ2) is 4.20. The summed E-state index contributed by atoms with van der Waals surface area (Å²) in [5.74, 6) is -1.23. The molecule has 1 rings (SSSR count). The van der Waals surface area contributed by atoms with Gasteiger partial charge >= 0.3 is 0 Å². The van der Waals surface area contributed by atoms with Crippen molar-refractivity contribution in [3.8, 4) is 0 Å². The highest BCUT2D eigenvalue weighted by atomic mass is 79.9. The lowest BCUT2D eigenvalue weighted by molar-refractivity contribution is 0.560. The minimum Gasteiger partial charge on any atom is -0.207 e. The van der Waals surface area contributed by atoms with Gasteiger partial charge in [-0.3, -0.25) is 0 Å². The van der Waals surface area contributed by atoms with Crippen LogP contribution in [0.4, 0.5) is 8.78 Å². The Hall–Kier alpha value is -0.410. The normalized spacial score (nSPS) is 10.2. The molecule has 1 aromatic carbocycles. The molecule has 0 atom stereocenters. The third-order valence-corrected chi connectivity index (χ3v) is 2.07. The van der Waals surface area contributed by atoms with Crippen molar-refractivity contribution in [3.05, 3.63) is 45.4 Å². The second-order valence-corrected chi connectivity index (χ2v) is 3.99. The summed E-state index contributed by atoms with van der Waals surface area (Å²) in [5, 5.41) is 0.208. The molecule has 0 aliphatic carbocycles. The molecular weight excluding hydrogens is 261 g/mol. The van der Waals surface area contributed by atoms with E-state index >= 15 is 0 Å². The van der Waals surface area contributed by atoms with Crippen molar-refractivity contribution < 1.29 is 8.78 Å². The highest BCUT2D eigenvalue weighted by Crippen LogP contribution is 2.22. The predicted octanol–water partition coefficient (Wildman–Crippen LogP) is 4.02. The van der Waals surface area contributed by atoms with E-state index in [1.807, 2.05) is 0 Å². The van der Waals surface area contributed by atoms with E-state index in [1.165, 1.54) is 12.1 Å². The molecule has 0 bridgehead atoms. The summed E-state index contributed by atoms with van der Waals surface area (Å²) in [5.41, 5.74) is -0.0526. The standard InChI is InChI=1S/C9H6BrClF2/c1-5(11)2-7-8(12)3-6(10)4-9(7)13/h3-4H,1-2H2. The van der Waals surface area contributed by atoms with Crippen molar-refractivity contribution >= 4 is 27.5 Å². The number of hydrogen-bond donors (Lipinski definition) is 0. The van der Waals surface area contributed by atoms with Crippen molar-refractivity contribution in [2.24, 2.45) is 0 Å². The average Bonchev–Trinajstić information content (AvgIpc) is 1.96. The Kier molecular flexibility index (Phi) is 3.45. The molecule has 0 amide bonds. The van der Waals surface area contributed by atoms with E-state index in [1.54, 1.807) is 0 Å². The van der Waals surface area contributed by atoms with Crippen LogP contribution in [0.15, 0.2) is 28.2 Å². The molecule has 13 heavy (non-hydrogen) atoms. The minimum absolute atomic E-state index is 0.00645. The average molecular weight is 268 g/mol. The summed E-state index contributed by atoms with van der Waals surface area (Å²) in [6.07, 6.45) is 0.00645. The highest BCUT2D eigenvalue weighted by molar-refractivity contribution is 9.10. The molecule has 0 aromatic heterocycles. The number of halogens is 4. The van der Waals surface area contributed by atoms with Crippen LogP contribution in [0.1, 0.15) is 5.56 Å². The number of allylic oxidation sites excluding steroid dienone is 1. The van der Waals surface area contributed by atoms with Crippen molar-refractivity contribution in [1.82, 2.24) is 0 Å². The first-order chi connectivity index (χ1) is 6.00. The van der Waals surface area contributed by atoms with E-state index in [9.17, 15) is 8.78 Å². The Morgan fingerprint density at radius 3 is 2.23 bits per heavy atom. The van der Waals surface area contributed by atoms with E-state index in [0.29, 0.717) is 4.47 Å². The van der Waals surface area contributed by atoms with Gasteiger partial charge in [-0.1, -0.05) is 34.1 Å². The van der Waals surface area contributed by atoms with Crippen LogP contribution in [0, 0.1) is 11.6 Å². The Balaban J connectivity index is 3.13. The van der Waals surface area contributed by atoms with Crippen LogP contribution < -0.4 is 0 Å². The largest absolute Gasteiger partial charge is 0.207 e. The first-order valence-corrected chi connectivity index (χ1v) is 4.64. The van der Waals surface area contributed by atoms with Gasteiger partial charge in [0.15, 0.2) is 0 Å². The van der Waals surface area contributed by atoms with E-state index in [0.717, 1.165) is 0 Å². The molecule has 0 aliphatic rings. The lowest BCUT2D eigenvalue weighted by Crippen LogP contribution is -1.95. The molecule has 0 N–H and O–H groups in total. The van der Waals surface area contributed by atoms with Gasteiger partial charge in [0.2, 0.25) is 0 Å². The van der Waals surface area contributed by atoms with Gasteiger partial charge < -0.3 is 0 Å². The lowest BCUT2D eigenvalue weighted by Gasteiger charge is -2.03. The van der Waals surface area contributed by atoms with E-state index < -0.39 is 11.6 Å². The summed E-state index contributed by atoms with van der Waals surface area (Å²) < 4.78 is 26.6. The monoisotopic (exact) mass is 266 g/mol. The van der Waals surface area contributed by atoms with Crippen molar-refractivity contribution in [3.63, 3.8) is 0 Å². The quantitative estimate of drug-likeness (QED) is 0.759. The Morgan fingerprint density at radius 2 is 1.85 bits per heavy atom. The summed E-state index contributed by atoms with van der Waals surface area (Å²) in [4.78, 5) is 0. The van der Waals surface area contributed by atoms with Crippen molar-refractivity contribution in [2.45, 2.75) is 6.42 Å². The fourth-order valence-corrected chi connectivity index (χ4v) is 1.47. The van der Waals surface area contributed by atoms with Crippen LogP contribution in [0.5, 0.6) is 0 Å².